The first-order valence-electron chi connectivity index (χ1n) is 5.76. The van der Waals surface area contributed by atoms with Crippen molar-refractivity contribution >= 4 is 41.0 Å². The summed E-state index contributed by atoms with van der Waals surface area (Å²) in [5.41, 5.74) is 5.87. The molecule has 0 aliphatic heterocycles. The fourth-order valence-electron chi connectivity index (χ4n) is 1.35. The molecule has 5 nitrogen and oxygen atoms in total. The van der Waals surface area contributed by atoms with E-state index in [1.165, 1.54) is 12.1 Å². The molecule has 0 spiro atoms. The third kappa shape index (κ3) is 5.40. The quantitative estimate of drug-likeness (QED) is 0.705. The van der Waals surface area contributed by atoms with Crippen molar-refractivity contribution in [1.29, 1.82) is 0 Å². The number of hydrogen-bond donors (Lipinski definition) is 3. The van der Waals surface area contributed by atoms with Crippen LogP contribution in [0.25, 0.3) is 0 Å². The summed E-state index contributed by atoms with van der Waals surface area (Å²) in [6, 6.07) is 4.24. The topological polar surface area (TPSA) is 84.2 Å². The number of carbonyl (C=O) groups is 2. The van der Waals surface area contributed by atoms with Gasteiger partial charge in [-0.25, -0.2) is 4.79 Å². The first-order valence-corrected chi connectivity index (χ1v) is 7.29. The maximum atomic E-state index is 11.5. The SMILES string of the molecule is CCSCCNC(=O)Nc1ccc(C(N)=O)c(Cl)c1. The Kier molecular flexibility index (Phi) is 6.52. The Morgan fingerprint density at radius 2 is 2.16 bits per heavy atom. The molecule has 19 heavy (non-hydrogen) atoms. The van der Waals surface area contributed by atoms with Gasteiger partial charge in [-0.3, -0.25) is 4.79 Å². The van der Waals surface area contributed by atoms with E-state index >= 15 is 0 Å². The van der Waals surface area contributed by atoms with E-state index in [0.29, 0.717) is 12.2 Å². The Hall–Kier alpha value is -1.40. The summed E-state index contributed by atoms with van der Waals surface area (Å²) in [5, 5.41) is 5.56. The fraction of sp³-hybridized carbons (Fsp3) is 0.333. The zero-order valence-electron chi connectivity index (χ0n) is 10.5. The third-order valence-electron chi connectivity index (χ3n) is 2.23. The first-order chi connectivity index (χ1) is 9.04. The van der Waals surface area contributed by atoms with Gasteiger partial charge >= 0.3 is 6.03 Å². The van der Waals surface area contributed by atoms with Crippen LogP contribution in [0.3, 0.4) is 0 Å². The summed E-state index contributed by atoms with van der Waals surface area (Å²) in [5.74, 6) is 1.29. The van der Waals surface area contributed by atoms with Gasteiger partial charge in [0, 0.05) is 18.0 Å². The molecule has 0 bridgehead atoms. The Morgan fingerprint density at radius 1 is 1.42 bits per heavy atom. The number of hydrogen-bond acceptors (Lipinski definition) is 3. The highest BCUT2D eigenvalue weighted by atomic mass is 35.5. The summed E-state index contributed by atoms with van der Waals surface area (Å²) < 4.78 is 0. The molecule has 0 heterocycles. The van der Waals surface area contributed by atoms with E-state index in [2.05, 4.69) is 17.6 Å². The monoisotopic (exact) mass is 301 g/mol. The number of thioether (sulfide) groups is 1. The van der Waals surface area contributed by atoms with E-state index in [1.807, 2.05) is 0 Å². The Morgan fingerprint density at radius 3 is 2.74 bits per heavy atom. The largest absolute Gasteiger partial charge is 0.366 e. The van der Waals surface area contributed by atoms with Crippen LogP contribution in [0.1, 0.15) is 17.3 Å². The van der Waals surface area contributed by atoms with Crippen LogP contribution in [0, 0.1) is 0 Å². The maximum Gasteiger partial charge on any atom is 0.319 e. The minimum Gasteiger partial charge on any atom is -0.366 e. The number of nitrogens with two attached hydrogens (primary N) is 1. The van der Waals surface area contributed by atoms with Crippen molar-refractivity contribution in [2.45, 2.75) is 6.92 Å². The summed E-state index contributed by atoms with van der Waals surface area (Å²) in [7, 11) is 0. The van der Waals surface area contributed by atoms with Crippen molar-refractivity contribution in [2.75, 3.05) is 23.4 Å². The molecule has 3 amide bonds. The van der Waals surface area contributed by atoms with Crippen LogP contribution < -0.4 is 16.4 Å². The van der Waals surface area contributed by atoms with Crippen molar-refractivity contribution in [3.63, 3.8) is 0 Å². The normalized spacial score (nSPS) is 10.0. The predicted octanol–water partition coefficient (Wildman–Crippen LogP) is 2.31. The van der Waals surface area contributed by atoms with Gasteiger partial charge in [-0.05, 0) is 24.0 Å². The van der Waals surface area contributed by atoms with E-state index in [4.69, 9.17) is 17.3 Å². The molecule has 1 aromatic carbocycles. The zero-order chi connectivity index (χ0) is 14.3. The van der Waals surface area contributed by atoms with Gasteiger partial charge in [-0.2, -0.15) is 11.8 Å². The summed E-state index contributed by atoms with van der Waals surface area (Å²) in [6.45, 7) is 2.66. The van der Waals surface area contributed by atoms with Gasteiger partial charge < -0.3 is 16.4 Å². The number of primary amides is 1. The molecule has 0 aliphatic carbocycles. The van der Waals surface area contributed by atoms with Crippen LogP contribution in [0.15, 0.2) is 18.2 Å². The Balaban J connectivity index is 2.51. The summed E-state index contributed by atoms with van der Waals surface area (Å²) in [6.07, 6.45) is 0. The van der Waals surface area contributed by atoms with E-state index in [1.54, 1.807) is 17.8 Å². The number of halogens is 1. The number of rotatable bonds is 6. The number of urea groups is 1. The lowest BCUT2D eigenvalue weighted by Crippen LogP contribution is -2.30. The van der Waals surface area contributed by atoms with Crippen LogP contribution in [0.2, 0.25) is 5.02 Å². The maximum absolute atomic E-state index is 11.5. The number of anilines is 1. The Labute approximate surface area is 121 Å². The summed E-state index contributed by atoms with van der Waals surface area (Å²) >= 11 is 7.63. The lowest BCUT2D eigenvalue weighted by Gasteiger charge is -2.08. The Bertz CT molecular complexity index is 468. The molecule has 0 radical (unpaired) electrons. The molecule has 1 rings (SSSR count). The second-order valence-corrected chi connectivity index (χ2v) is 5.44. The van der Waals surface area contributed by atoms with Crippen molar-refractivity contribution in [1.82, 2.24) is 5.32 Å². The number of nitrogens with one attached hydrogen (secondary N) is 2. The van der Waals surface area contributed by atoms with Gasteiger partial charge in [0.1, 0.15) is 0 Å². The minimum absolute atomic E-state index is 0.215. The smallest absolute Gasteiger partial charge is 0.319 e. The number of carbonyl (C=O) groups excluding carboxylic acids is 2. The van der Waals surface area contributed by atoms with Crippen molar-refractivity contribution in [3.05, 3.63) is 28.8 Å². The van der Waals surface area contributed by atoms with Crippen LogP contribution in [0.4, 0.5) is 10.5 Å². The van der Waals surface area contributed by atoms with Gasteiger partial charge in [-0.1, -0.05) is 18.5 Å². The van der Waals surface area contributed by atoms with Crippen LogP contribution >= 0.6 is 23.4 Å². The highest BCUT2D eigenvalue weighted by molar-refractivity contribution is 7.99. The molecule has 7 heteroatoms. The molecular formula is C12H16ClN3O2S. The summed E-state index contributed by atoms with van der Waals surface area (Å²) in [4.78, 5) is 22.5. The molecule has 0 atom stereocenters. The second kappa shape index (κ2) is 7.91. The van der Waals surface area contributed by atoms with Gasteiger partial charge in [0.05, 0.1) is 10.6 Å². The lowest BCUT2D eigenvalue weighted by molar-refractivity contribution is 0.100. The van der Waals surface area contributed by atoms with Gasteiger partial charge in [0.25, 0.3) is 0 Å². The van der Waals surface area contributed by atoms with Gasteiger partial charge in [0.15, 0.2) is 0 Å². The fourth-order valence-corrected chi connectivity index (χ4v) is 2.16. The van der Waals surface area contributed by atoms with Gasteiger partial charge in [0.2, 0.25) is 5.91 Å². The molecule has 0 aromatic heterocycles. The molecule has 4 N–H and O–H groups in total. The zero-order valence-corrected chi connectivity index (χ0v) is 12.1. The van der Waals surface area contributed by atoms with Gasteiger partial charge in [-0.15, -0.1) is 0 Å². The third-order valence-corrected chi connectivity index (χ3v) is 3.44. The molecule has 104 valence electrons. The van der Waals surface area contributed by atoms with E-state index in [9.17, 15) is 9.59 Å². The van der Waals surface area contributed by atoms with Crippen molar-refractivity contribution in [3.8, 4) is 0 Å². The molecule has 0 unspecified atom stereocenters. The molecule has 0 fully saturated rings. The number of amides is 3. The van der Waals surface area contributed by atoms with Crippen LogP contribution in [0.5, 0.6) is 0 Å². The van der Waals surface area contributed by atoms with Crippen LogP contribution in [-0.4, -0.2) is 30.0 Å². The second-order valence-electron chi connectivity index (χ2n) is 3.64. The van der Waals surface area contributed by atoms with Crippen LogP contribution in [-0.2, 0) is 0 Å². The molecular weight excluding hydrogens is 286 g/mol. The minimum atomic E-state index is -0.599. The number of benzene rings is 1. The standard InChI is InChI=1S/C12H16ClN3O2S/c1-2-19-6-5-15-12(18)16-8-3-4-9(11(14)17)10(13)7-8/h3-4,7H,2,5-6H2,1H3,(H2,14,17)(H2,15,16,18). The molecule has 1 aromatic rings. The van der Waals surface area contributed by atoms with Crippen molar-refractivity contribution in [2.24, 2.45) is 5.73 Å². The lowest BCUT2D eigenvalue weighted by atomic mass is 10.2. The van der Waals surface area contributed by atoms with E-state index < -0.39 is 5.91 Å². The van der Waals surface area contributed by atoms with E-state index in [0.717, 1.165) is 11.5 Å². The molecule has 0 saturated carbocycles. The highest BCUT2D eigenvalue weighted by Crippen LogP contribution is 2.20. The highest BCUT2D eigenvalue weighted by Gasteiger charge is 2.08. The average Bonchev–Trinajstić information content (AvgIpc) is 2.34. The van der Waals surface area contributed by atoms with Crippen molar-refractivity contribution < 1.29 is 9.59 Å². The first kappa shape index (κ1) is 15.7. The van der Waals surface area contributed by atoms with E-state index in [-0.39, 0.29) is 16.6 Å². The molecule has 0 aliphatic rings. The average molecular weight is 302 g/mol. The molecule has 0 saturated heterocycles. The predicted molar refractivity (Wildman–Crippen MR) is 80.0 cm³/mol.